The summed E-state index contributed by atoms with van der Waals surface area (Å²) in [7, 11) is 0. The molecule has 0 heterocycles. The molecule has 3 nitrogen and oxygen atoms in total. The third kappa shape index (κ3) is 5.19. The first-order valence-corrected chi connectivity index (χ1v) is 8.95. The van der Waals surface area contributed by atoms with Crippen molar-refractivity contribution in [1.29, 1.82) is 0 Å². The lowest BCUT2D eigenvalue weighted by Crippen LogP contribution is -2.14. The Morgan fingerprint density at radius 1 is 0.957 bits per heavy atom. The van der Waals surface area contributed by atoms with Gasteiger partial charge in [0, 0.05) is 27.6 Å². The second kappa shape index (κ2) is 8.85. The number of hydrogen-bond donors (Lipinski definition) is 0. The molecular formula is C18H17Br2N3. The van der Waals surface area contributed by atoms with Crippen molar-refractivity contribution in [3.63, 3.8) is 0 Å². The SMILES string of the molecule is CCN(CC)N=Nc1cc(Br)c(C#Cc2ccccc2)c(Br)c1. The van der Waals surface area contributed by atoms with Gasteiger partial charge in [0.15, 0.2) is 0 Å². The fourth-order valence-corrected chi connectivity index (χ4v) is 3.22. The Kier molecular flexibility index (Phi) is 6.82. The molecule has 0 bridgehead atoms. The highest BCUT2D eigenvalue weighted by Gasteiger charge is 2.06. The van der Waals surface area contributed by atoms with E-state index in [1.165, 1.54) is 0 Å². The van der Waals surface area contributed by atoms with Gasteiger partial charge in [-0.05, 0) is 70.0 Å². The van der Waals surface area contributed by atoms with Gasteiger partial charge in [-0.15, -0.1) is 5.11 Å². The van der Waals surface area contributed by atoms with Crippen molar-refractivity contribution in [3.8, 4) is 11.8 Å². The molecule has 0 atom stereocenters. The van der Waals surface area contributed by atoms with Crippen molar-refractivity contribution < 1.29 is 0 Å². The number of benzene rings is 2. The first-order chi connectivity index (χ1) is 11.1. The van der Waals surface area contributed by atoms with E-state index in [4.69, 9.17) is 0 Å². The smallest absolute Gasteiger partial charge is 0.0897 e. The van der Waals surface area contributed by atoms with Crippen LogP contribution in [0.5, 0.6) is 0 Å². The van der Waals surface area contributed by atoms with Crippen LogP contribution in [-0.2, 0) is 0 Å². The third-order valence-electron chi connectivity index (χ3n) is 3.15. The molecule has 0 radical (unpaired) electrons. The van der Waals surface area contributed by atoms with E-state index in [9.17, 15) is 0 Å². The second-order valence-corrected chi connectivity index (χ2v) is 6.44. The molecular weight excluding hydrogens is 418 g/mol. The fraction of sp³-hybridized carbons (Fsp3) is 0.222. The number of halogens is 2. The predicted octanol–water partition coefficient (Wildman–Crippen LogP) is 5.95. The average molecular weight is 435 g/mol. The van der Waals surface area contributed by atoms with Crippen LogP contribution in [0.4, 0.5) is 5.69 Å². The highest BCUT2D eigenvalue weighted by atomic mass is 79.9. The van der Waals surface area contributed by atoms with Gasteiger partial charge < -0.3 is 0 Å². The van der Waals surface area contributed by atoms with Gasteiger partial charge in [-0.2, -0.15) is 0 Å². The topological polar surface area (TPSA) is 28.0 Å². The van der Waals surface area contributed by atoms with Crippen molar-refractivity contribution in [2.45, 2.75) is 13.8 Å². The molecule has 0 aliphatic carbocycles. The maximum atomic E-state index is 4.27. The van der Waals surface area contributed by atoms with E-state index in [0.717, 1.165) is 38.8 Å². The highest BCUT2D eigenvalue weighted by molar-refractivity contribution is 9.11. The van der Waals surface area contributed by atoms with Crippen LogP contribution in [0.3, 0.4) is 0 Å². The molecule has 0 saturated carbocycles. The summed E-state index contributed by atoms with van der Waals surface area (Å²) in [5, 5.41) is 10.4. The van der Waals surface area contributed by atoms with Crippen molar-refractivity contribution in [2.75, 3.05) is 13.1 Å². The molecule has 118 valence electrons. The Hall–Kier alpha value is -1.64. The lowest BCUT2D eigenvalue weighted by atomic mass is 10.2. The number of hydrogen-bond acceptors (Lipinski definition) is 2. The number of rotatable bonds is 4. The first kappa shape index (κ1) is 17.7. The van der Waals surface area contributed by atoms with Gasteiger partial charge in [-0.1, -0.05) is 35.3 Å². The summed E-state index contributed by atoms with van der Waals surface area (Å²) in [6.45, 7) is 5.78. The molecule has 0 amide bonds. The van der Waals surface area contributed by atoms with E-state index in [1.54, 1.807) is 0 Å². The average Bonchev–Trinajstić information content (AvgIpc) is 2.56. The Bertz CT molecular complexity index is 719. The molecule has 0 aliphatic heterocycles. The Labute approximate surface area is 154 Å². The van der Waals surface area contributed by atoms with Gasteiger partial charge >= 0.3 is 0 Å². The summed E-state index contributed by atoms with van der Waals surface area (Å²) >= 11 is 7.13. The van der Waals surface area contributed by atoms with E-state index >= 15 is 0 Å². The minimum absolute atomic E-state index is 0.779. The molecule has 0 unspecified atom stereocenters. The first-order valence-electron chi connectivity index (χ1n) is 7.36. The van der Waals surface area contributed by atoms with Crippen molar-refractivity contribution >= 4 is 37.5 Å². The summed E-state index contributed by atoms with van der Waals surface area (Å²) in [4.78, 5) is 0. The zero-order valence-corrected chi connectivity index (χ0v) is 16.2. The maximum Gasteiger partial charge on any atom is 0.0897 e. The summed E-state index contributed by atoms with van der Waals surface area (Å²) in [5.41, 5.74) is 2.66. The molecule has 0 aromatic heterocycles. The van der Waals surface area contributed by atoms with Crippen LogP contribution in [0.2, 0.25) is 0 Å². The van der Waals surface area contributed by atoms with Crippen LogP contribution in [-0.4, -0.2) is 18.1 Å². The Morgan fingerprint density at radius 2 is 1.57 bits per heavy atom. The Morgan fingerprint density at radius 3 is 2.13 bits per heavy atom. The molecule has 0 saturated heterocycles. The van der Waals surface area contributed by atoms with Gasteiger partial charge in [0.2, 0.25) is 0 Å². The van der Waals surface area contributed by atoms with Gasteiger partial charge in [0.25, 0.3) is 0 Å². The van der Waals surface area contributed by atoms with E-state index in [1.807, 2.05) is 47.5 Å². The van der Waals surface area contributed by atoms with Gasteiger partial charge in [-0.25, -0.2) is 0 Å². The summed E-state index contributed by atoms with van der Waals surface area (Å²) in [6, 6.07) is 13.8. The molecule has 0 fully saturated rings. The minimum atomic E-state index is 0.779. The summed E-state index contributed by atoms with van der Waals surface area (Å²) in [6.07, 6.45) is 0. The summed E-state index contributed by atoms with van der Waals surface area (Å²) < 4.78 is 1.78. The molecule has 2 rings (SSSR count). The minimum Gasteiger partial charge on any atom is -0.279 e. The number of nitrogens with zero attached hydrogens (tertiary/aromatic N) is 3. The third-order valence-corrected chi connectivity index (χ3v) is 4.40. The molecule has 0 N–H and O–H groups in total. The van der Waals surface area contributed by atoms with E-state index < -0.39 is 0 Å². The van der Waals surface area contributed by atoms with Crippen molar-refractivity contribution in [3.05, 3.63) is 62.5 Å². The lowest BCUT2D eigenvalue weighted by Gasteiger charge is -2.11. The molecule has 2 aromatic carbocycles. The van der Waals surface area contributed by atoms with Crippen LogP contribution in [0.15, 0.2) is 61.7 Å². The standard InChI is InChI=1S/C18H17Br2N3/c1-3-23(4-2)22-21-15-12-17(19)16(18(20)13-15)11-10-14-8-6-5-7-9-14/h5-9,12-13H,3-4H2,1-2H3. The van der Waals surface area contributed by atoms with Crippen LogP contribution < -0.4 is 0 Å². The normalized spacial score (nSPS) is 10.4. The van der Waals surface area contributed by atoms with Crippen molar-refractivity contribution in [2.24, 2.45) is 10.3 Å². The largest absolute Gasteiger partial charge is 0.279 e. The fourth-order valence-electron chi connectivity index (χ4n) is 1.86. The van der Waals surface area contributed by atoms with E-state index in [2.05, 4.69) is 67.9 Å². The van der Waals surface area contributed by atoms with Crippen molar-refractivity contribution in [1.82, 2.24) is 5.01 Å². The molecule has 2 aromatic rings. The highest BCUT2D eigenvalue weighted by Crippen LogP contribution is 2.30. The molecule has 23 heavy (non-hydrogen) atoms. The van der Waals surface area contributed by atoms with Gasteiger partial charge in [0.05, 0.1) is 11.3 Å². The van der Waals surface area contributed by atoms with E-state index in [0.29, 0.717) is 0 Å². The quantitative estimate of drug-likeness (QED) is 0.331. The Balaban J connectivity index is 2.26. The van der Waals surface area contributed by atoms with Crippen LogP contribution >= 0.6 is 31.9 Å². The van der Waals surface area contributed by atoms with E-state index in [-0.39, 0.29) is 0 Å². The zero-order chi connectivity index (χ0) is 16.7. The predicted molar refractivity (Wildman–Crippen MR) is 102 cm³/mol. The lowest BCUT2D eigenvalue weighted by molar-refractivity contribution is 0.300. The molecule has 0 spiro atoms. The summed E-state index contributed by atoms with van der Waals surface area (Å²) in [5.74, 6) is 6.34. The van der Waals surface area contributed by atoms with Crippen LogP contribution in [0.25, 0.3) is 0 Å². The maximum absolute atomic E-state index is 4.27. The monoisotopic (exact) mass is 433 g/mol. The second-order valence-electron chi connectivity index (χ2n) is 4.73. The molecule has 5 heteroatoms. The molecule has 0 aliphatic rings. The van der Waals surface area contributed by atoms with Gasteiger partial charge in [0.1, 0.15) is 0 Å². The van der Waals surface area contributed by atoms with Crippen LogP contribution in [0.1, 0.15) is 25.0 Å². The van der Waals surface area contributed by atoms with Crippen LogP contribution in [0, 0.1) is 11.8 Å². The zero-order valence-electron chi connectivity index (χ0n) is 13.1. The van der Waals surface area contributed by atoms with Gasteiger partial charge in [-0.3, -0.25) is 5.01 Å².